The summed E-state index contributed by atoms with van der Waals surface area (Å²) in [5.41, 5.74) is 5.59. The Bertz CT molecular complexity index is 766. The van der Waals surface area contributed by atoms with Gasteiger partial charge in [0.15, 0.2) is 0 Å². The lowest BCUT2D eigenvalue weighted by atomic mass is 9.85. The van der Waals surface area contributed by atoms with E-state index in [4.69, 9.17) is 16.7 Å². The summed E-state index contributed by atoms with van der Waals surface area (Å²) < 4.78 is 0. The molecule has 0 radical (unpaired) electrons. The largest absolute Gasteiger partial charge is 0.472 e. The van der Waals surface area contributed by atoms with E-state index < -0.39 is 5.97 Å². The highest BCUT2D eigenvalue weighted by atomic mass is 35.5. The van der Waals surface area contributed by atoms with Crippen molar-refractivity contribution in [3.8, 4) is 23.0 Å². The molecule has 2 aromatic rings. The maximum atomic E-state index is 10.5. The maximum Gasteiger partial charge on any atom is 0.382 e. The Balaban J connectivity index is 2.06. The smallest absolute Gasteiger partial charge is 0.382 e. The summed E-state index contributed by atoms with van der Waals surface area (Å²) in [5, 5.41) is 9.34. The predicted octanol–water partition coefficient (Wildman–Crippen LogP) is 3.54. The molecular formula is C17H11ClO2. The molecule has 0 bridgehead atoms. The van der Waals surface area contributed by atoms with Gasteiger partial charge in [0.1, 0.15) is 0 Å². The predicted molar refractivity (Wildman–Crippen MR) is 78.8 cm³/mol. The standard InChI is InChI=1S/C17H11ClO2/c18-14-5-7-16-13(10-14)4-3-12-9-11(1-6-15(12)16)2-8-17(19)20/h1,5-7,9-10H,3-4H2,(H,19,20). The molecule has 3 rings (SSSR count). The number of carbonyl (C=O) groups is 1. The first-order valence-electron chi connectivity index (χ1n) is 6.30. The molecule has 0 atom stereocenters. The van der Waals surface area contributed by atoms with Gasteiger partial charge in [-0.05, 0) is 59.4 Å². The number of fused-ring (bicyclic) bond motifs is 3. The minimum atomic E-state index is -1.11. The van der Waals surface area contributed by atoms with Gasteiger partial charge < -0.3 is 5.11 Å². The molecular weight excluding hydrogens is 272 g/mol. The second-order valence-electron chi connectivity index (χ2n) is 4.73. The van der Waals surface area contributed by atoms with Crippen LogP contribution in [0, 0.1) is 11.8 Å². The summed E-state index contributed by atoms with van der Waals surface area (Å²) in [4.78, 5) is 10.5. The van der Waals surface area contributed by atoms with Crippen molar-refractivity contribution in [2.75, 3.05) is 0 Å². The molecule has 2 aromatic carbocycles. The van der Waals surface area contributed by atoms with Crippen molar-refractivity contribution in [1.29, 1.82) is 0 Å². The summed E-state index contributed by atoms with van der Waals surface area (Å²) in [6, 6.07) is 11.8. The molecule has 0 saturated carbocycles. The molecule has 3 heteroatoms. The maximum absolute atomic E-state index is 10.5. The van der Waals surface area contributed by atoms with Crippen LogP contribution < -0.4 is 0 Å². The highest BCUT2D eigenvalue weighted by molar-refractivity contribution is 6.30. The van der Waals surface area contributed by atoms with E-state index in [0.29, 0.717) is 0 Å². The lowest BCUT2D eigenvalue weighted by Gasteiger charge is -2.20. The number of hydrogen-bond donors (Lipinski definition) is 1. The Labute approximate surface area is 122 Å². The minimum Gasteiger partial charge on any atom is -0.472 e. The monoisotopic (exact) mass is 282 g/mol. The van der Waals surface area contributed by atoms with Crippen molar-refractivity contribution >= 4 is 17.6 Å². The first-order valence-corrected chi connectivity index (χ1v) is 6.68. The fraction of sp³-hybridized carbons (Fsp3) is 0.118. The first kappa shape index (κ1) is 12.8. The molecule has 0 spiro atoms. The van der Waals surface area contributed by atoms with E-state index in [2.05, 4.69) is 11.8 Å². The molecule has 2 nitrogen and oxygen atoms in total. The van der Waals surface area contributed by atoms with Crippen LogP contribution in [0.1, 0.15) is 16.7 Å². The normalized spacial score (nSPS) is 11.8. The zero-order valence-corrected chi connectivity index (χ0v) is 11.4. The Morgan fingerprint density at radius 3 is 2.40 bits per heavy atom. The Hall–Kier alpha value is -2.24. The number of hydrogen-bond acceptors (Lipinski definition) is 1. The SMILES string of the molecule is O=C(O)C#Cc1ccc2c(c1)CCc1cc(Cl)ccc1-2. The second kappa shape index (κ2) is 5.03. The van der Waals surface area contributed by atoms with E-state index in [-0.39, 0.29) is 0 Å². The van der Waals surface area contributed by atoms with Gasteiger partial charge >= 0.3 is 5.97 Å². The van der Waals surface area contributed by atoms with E-state index in [9.17, 15) is 4.79 Å². The van der Waals surface area contributed by atoms with Crippen LogP contribution in [-0.4, -0.2) is 11.1 Å². The molecule has 0 unspecified atom stereocenters. The second-order valence-corrected chi connectivity index (χ2v) is 5.16. The topological polar surface area (TPSA) is 37.3 Å². The number of aryl methyl sites for hydroxylation is 2. The van der Waals surface area contributed by atoms with Crippen molar-refractivity contribution in [3.63, 3.8) is 0 Å². The Morgan fingerprint density at radius 2 is 1.70 bits per heavy atom. The van der Waals surface area contributed by atoms with Crippen LogP contribution in [0.25, 0.3) is 11.1 Å². The number of benzene rings is 2. The lowest BCUT2D eigenvalue weighted by molar-refractivity contribution is -0.130. The zero-order valence-electron chi connectivity index (χ0n) is 10.6. The summed E-state index contributed by atoms with van der Waals surface area (Å²) in [6.45, 7) is 0. The van der Waals surface area contributed by atoms with Gasteiger partial charge in [-0.3, -0.25) is 0 Å². The number of carboxylic acid groups (broad SMARTS) is 1. The quantitative estimate of drug-likeness (QED) is 0.751. The van der Waals surface area contributed by atoms with E-state index in [1.165, 1.54) is 22.3 Å². The molecule has 0 fully saturated rings. The summed E-state index contributed by atoms with van der Waals surface area (Å²) >= 11 is 6.03. The molecule has 20 heavy (non-hydrogen) atoms. The van der Waals surface area contributed by atoms with Crippen LogP contribution in [-0.2, 0) is 17.6 Å². The molecule has 1 aliphatic carbocycles. The highest BCUT2D eigenvalue weighted by Gasteiger charge is 2.16. The van der Waals surface area contributed by atoms with Crippen LogP contribution in [0.5, 0.6) is 0 Å². The van der Waals surface area contributed by atoms with Gasteiger partial charge in [0.05, 0.1) is 0 Å². The highest BCUT2D eigenvalue weighted by Crippen LogP contribution is 2.35. The molecule has 0 aromatic heterocycles. The van der Waals surface area contributed by atoms with Crippen molar-refractivity contribution in [1.82, 2.24) is 0 Å². The van der Waals surface area contributed by atoms with Crippen LogP contribution >= 0.6 is 11.6 Å². The molecule has 0 aliphatic heterocycles. The van der Waals surface area contributed by atoms with Crippen molar-refractivity contribution < 1.29 is 9.90 Å². The van der Waals surface area contributed by atoms with Gasteiger partial charge in [0.2, 0.25) is 0 Å². The first-order chi connectivity index (χ1) is 9.63. The minimum absolute atomic E-state index is 0.739. The molecule has 1 N–H and O–H groups in total. The van der Waals surface area contributed by atoms with Gasteiger partial charge in [-0.2, -0.15) is 0 Å². The zero-order chi connectivity index (χ0) is 14.1. The average molecular weight is 283 g/mol. The fourth-order valence-electron chi connectivity index (χ4n) is 2.57. The molecule has 0 saturated heterocycles. The molecule has 1 aliphatic rings. The van der Waals surface area contributed by atoms with E-state index in [1.807, 2.05) is 36.4 Å². The Kier molecular flexibility index (Phi) is 3.22. The van der Waals surface area contributed by atoms with Gasteiger partial charge in [-0.1, -0.05) is 29.7 Å². The van der Waals surface area contributed by atoms with Gasteiger partial charge in [-0.25, -0.2) is 4.79 Å². The van der Waals surface area contributed by atoms with Gasteiger partial charge in [-0.15, -0.1) is 0 Å². The van der Waals surface area contributed by atoms with Crippen molar-refractivity contribution in [2.24, 2.45) is 0 Å². The average Bonchev–Trinajstić information content (AvgIpc) is 2.44. The number of rotatable bonds is 0. The van der Waals surface area contributed by atoms with Crippen LogP contribution in [0.15, 0.2) is 36.4 Å². The van der Waals surface area contributed by atoms with Gasteiger partial charge in [0.25, 0.3) is 0 Å². The van der Waals surface area contributed by atoms with Crippen LogP contribution in [0.3, 0.4) is 0 Å². The van der Waals surface area contributed by atoms with Crippen molar-refractivity contribution in [3.05, 3.63) is 58.1 Å². The third kappa shape index (κ3) is 2.41. The van der Waals surface area contributed by atoms with Crippen molar-refractivity contribution in [2.45, 2.75) is 12.8 Å². The fourth-order valence-corrected chi connectivity index (χ4v) is 2.76. The molecule has 0 amide bonds. The van der Waals surface area contributed by atoms with E-state index >= 15 is 0 Å². The molecule has 98 valence electrons. The molecule has 0 heterocycles. The van der Waals surface area contributed by atoms with E-state index in [1.54, 1.807) is 0 Å². The summed E-state index contributed by atoms with van der Waals surface area (Å²) in [7, 11) is 0. The Morgan fingerprint density at radius 1 is 1.05 bits per heavy atom. The number of aliphatic carboxylic acids is 1. The van der Waals surface area contributed by atoms with Crippen LogP contribution in [0.4, 0.5) is 0 Å². The van der Waals surface area contributed by atoms with Crippen LogP contribution in [0.2, 0.25) is 5.02 Å². The van der Waals surface area contributed by atoms with E-state index in [0.717, 1.165) is 23.4 Å². The number of halogens is 1. The third-order valence-electron chi connectivity index (χ3n) is 3.44. The summed E-state index contributed by atoms with van der Waals surface area (Å²) in [6.07, 6.45) is 1.87. The summed E-state index contributed by atoms with van der Waals surface area (Å²) in [5.74, 6) is 3.69. The van der Waals surface area contributed by atoms with Gasteiger partial charge in [0, 0.05) is 16.5 Å². The number of carboxylic acids is 1. The lowest BCUT2D eigenvalue weighted by Crippen LogP contribution is -2.04. The third-order valence-corrected chi connectivity index (χ3v) is 3.68.